The van der Waals surface area contributed by atoms with Gasteiger partial charge in [0.25, 0.3) is 0 Å². The molecule has 0 saturated carbocycles. The Morgan fingerprint density at radius 3 is 2.75 bits per heavy atom. The highest BCUT2D eigenvalue weighted by Crippen LogP contribution is 2.27. The normalized spacial score (nSPS) is 13.9. The van der Waals surface area contributed by atoms with E-state index in [9.17, 15) is 0 Å². The number of aromatic nitrogens is 2. The maximum atomic E-state index is 4.71. The van der Waals surface area contributed by atoms with Gasteiger partial charge in [0, 0.05) is 37.2 Å². The van der Waals surface area contributed by atoms with E-state index in [4.69, 9.17) is 4.98 Å². The Hall–Kier alpha value is -1.94. The number of aryl methyl sites for hydroxylation is 1. The molecule has 1 aliphatic heterocycles. The van der Waals surface area contributed by atoms with E-state index >= 15 is 0 Å². The second-order valence-electron chi connectivity index (χ2n) is 5.14. The van der Waals surface area contributed by atoms with E-state index in [1.807, 2.05) is 0 Å². The molecule has 4 heteroatoms. The van der Waals surface area contributed by atoms with Crippen molar-refractivity contribution in [2.45, 2.75) is 26.8 Å². The van der Waals surface area contributed by atoms with Gasteiger partial charge >= 0.3 is 0 Å². The standard InChI is InChI=1S/C16H20N4/c1-3-18-16-19-14-8-9-17-10-13(14)15(20-16)12-6-4-11(2)5-7-12/h4-7,17H,3,8-10H2,1-2H3,(H,18,19,20). The molecule has 0 saturated heterocycles. The van der Waals surface area contributed by atoms with Gasteiger partial charge in [0.05, 0.1) is 11.4 Å². The summed E-state index contributed by atoms with van der Waals surface area (Å²) in [6, 6.07) is 8.55. The molecule has 2 aromatic rings. The first kappa shape index (κ1) is 13.1. The molecule has 0 radical (unpaired) electrons. The van der Waals surface area contributed by atoms with Crippen LogP contribution in [0.3, 0.4) is 0 Å². The number of nitrogens with one attached hydrogen (secondary N) is 2. The third kappa shape index (κ3) is 2.51. The van der Waals surface area contributed by atoms with Gasteiger partial charge in [0.2, 0.25) is 5.95 Å². The van der Waals surface area contributed by atoms with Gasteiger partial charge in [-0.05, 0) is 13.8 Å². The molecule has 1 aliphatic rings. The van der Waals surface area contributed by atoms with Crippen LogP contribution in [-0.2, 0) is 13.0 Å². The average molecular weight is 268 g/mol. The lowest BCUT2D eigenvalue weighted by atomic mass is 10.00. The van der Waals surface area contributed by atoms with Crippen molar-refractivity contribution in [2.24, 2.45) is 0 Å². The molecule has 0 unspecified atom stereocenters. The Labute approximate surface area is 119 Å². The average Bonchev–Trinajstić information content (AvgIpc) is 2.48. The summed E-state index contributed by atoms with van der Waals surface area (Å²) >= 11 is 0. The van der Waals surface area contributed by atoms with Crippen molar-refractivity contribution in [2.75, 3.05) is 18.4 Å². The minimum absolute atomic E-state index is 0.740. The summed E-state index contributed by atoms with van der Waals surface area (Å²) in [5.74, 6) is 0.740. The Bertz CT molecular complexity index is 605. The summed E-state index contributed by atoms with van der Waals surface area (Å²) < 4.78 is 0. The molecule has 20 heavy (non-hydrogen) atoms. The molecule has 1 aromatic heterocycles. The van der Waals surface area contributed by atoms with E-state index in [0.717, 1.165) is 43.3 Å². The molecule has 2 N–H and O–H groups in total. The van der Waals surface area contributed by atoms with Crippen LogP contribution in [0.25, 0.3) is 11.3 Å². The second kappa shape index (κ2) is 5.59. The van der Waals surface area contributed by atoms with Gasteiger partial charge in [-0.2, -0.15) is 0 Å². The fourth-order valence-electron chi connectivity index (χ4n) is 2.53. The van der Waals surface area contributed by atoms with Crippen LogP contribution in [0.5, 0.6) is 0 Å². The summed E-state index contributed by atoms with van der Waals surface area (Å²) in [5, 5.41) is 6.65. The SMILES string of the molecule is CCNc1nc2c(c(-c3ccc(C)cc3)n1)CNCC2. The van der Waals surface area contributed by atoms with E-state index in [1.54, 1.807) is 0 Å². The zero-order chi connectivity index (χ0) is 13.9. The second-order valence-corrected chi connectivity index (χ2v) is 5.14. The van der Waals surface area contributed by atoms with Crippen LogP contribution in [0.4, 0.5) is 5.95 Å². The van der Waals surface area contributed by atoms with Crippen LogP contribution in [0, 0.1) is 6.92 Å². The maximum Gasteiger partial charge on any atom is 0.223 e. The highest BCUT2D eigenvalue weighted by Gasteiger charge is 2.18. The highest BCUT2D eigenvalue weighted by molar-refractivity contribution is 5.66. The summed E-state index contributed by atoms with van der Waals surface area (Å²) in [4.78, 5) is 9.36. The lowest BCUT2D eigenvalue weighted by Crippen LogP contribution is -2.26. The minimum atomic E-state index is 0.740. The number of anilines is 1. The van der Waals surface area contributed by atoms with Crippen molar-refractivity contribution >= 4 is 5.95 Å². The van der Waals surface area contributed by atoms with E-state index in [0.29, 0.717) is 0 Å². The summed E-state index contributed by atoms with van der Waals surface area (Å²) in [5.41, 5.74) is 5.89. The van der Waals surface area contributed by atoms with Crippen LogP contribution in [-0.4, -0.2) is 23.1 Å². The molecule has 0 amide bonds. The van der Waals surface area contributed by atoms with Gasteiger partial charge in [-0.3, -0.25) is 0 Å². The molecule has 0 atom stereocenters. The molecule has 104 valence electrons. The maximum absolute atomic E-state index is 4.71. The lowest BCUT2D eigenvalue weighted by Gasteiger charge is -2.20. The Balaban J connectivity index is 2.11. The van der Waals surface area contributed by atoms with Crippen molar-refractivity contribution in [1.29, 1.82) is 0 Å². The van der Waals surface area contributed by atoms with Crippen molar-refractivity contribution < 1.29 is 0 Å². The van der Waals surface area contributed by atoms with Crippen LogP contribution < -0.4 is 10.6 Å². The molecule has 1 aromatic carbocycles. The zero-order valence-electron chi connectivity index (χ0n) is 12.0. The Kier molecular flexibility index (Phi) is 3.65. The molecule has 4 nitrogen and oxygen atoms in total. The highest BCUT2D eigenvalue weighted by atomic mass is 15.1. The van der Waals surface area contributed by atoms with Gasteiger partial charge in [0.1, 0.15) is 0 Å². The van der Waals surface area contributed by atoms with Gasteiger partial charge in [-0.25, -0.2) is 9.97 Å². The minimum Gasteiger partial charge on any atom is -0.354 e. The predicted octanol–water partition coefficient (Wildman–Crippen LogP) is 2.53. The molecule has 0 aliphatic carbocycles. The van der Waals surface area contributed by atoms with E-state index in [2.05, 4.69) is 53.7 Å². The molecule has 0 bridgehead atoms. The monoisotopic (exact) mass is 268 g/mol. The largest absolute Gasteiger partial charge is 0.354 e. The van der Waals surface area contributed by atoms with Crippen LogP contribution >= 0.6 is 0 Å². The van der Waals surface area contributed by atoms with Gasteiger partial charge in [-0.1, -0.05) is 29.8 Å². The van der Waals surface area contributed by atoms with Crippen molar-refractivity contribution in [3.63, 3.8) is 0 Å². The third-order valence-electron chi connectivity index (χ3n) is 3.59. The molecule has 2 heterocycles. The van der Waals surface area contributed by atoms with Gasteiger partial charge in [-0.15, -0.1) is 0 Å². The van der Waals surface area contributed by atoms with Crippen molar-refractivity contribution in [3.8, 4) is 11.3 Å². The lowest BCUT2D eigenvalue weighted by molar-refractivity contribution is 0.628. The topological polar surface area (TPSA) is 49.8 Å². The molecule has 0 spiro atoms. The first-order valence-electron chi connectivity index (χ1n) is 7.19. The summed E-state index contributed by atoms with van der Waals surface area (Å²) in [7, 11) is 0. The fourth-order valence-corrected chi connectivity index (χ4v) is 2.53. The third-order valence-corrected chi connectivity index (χ3v) is 3.59. The first-order chi connectivity index (χ1) is 9.78. The molecular formula is C16H20N4. The summed E-state index contributed by atoms with van der Waals surface area (Å²) in [6.45, 7) is 6.85. The fraction of sp³-hybridized carbons (Fsp3) is 0.375. The van der Waals surface area contributed by atoms with Gasteiger partial charge in [0.15, 0.2) is 0 Å². The van der Waals surface area contributed by atoms with E-state index in [1.165, 1.54) is 16.8 Å². The number of hydrogen-bond acceptors (Lipinski definition) is 4. The number of hydrogen-bond donors (Lipinski definition) is 2. The Morgan fingerprint density at radius 1 is 1.20 bits per heavy atom. The van der Waals surface area contributed by atoms with Gasteiger partial charge < -0.3 is 10.6 Å². The van der Waals surface area contributed by atoms with Crippen LogP contribution in [0.15, 0.2) is 24.3 Å². The number of rotatable bonds is 3. The first-order valence-corrected chi connectivity index (χ1v) is 7.19. The van der Waals surface area contributed by atoms with Crippen LogP contribution in [0.1, 0.15) is 23.7 Å². The van der Waals surface area contributed by atoms with Crippen molar-refractivity contribution in [3.05, 3.63) is 41.1 Å². The number of fused-ring (bicyclic) bond motifs is 1. The van der Waals surface area contributed by atoms with Crippen molar-refractivity contribution in [1.82, 2.24) is 15.3 Å². The van der Waals surface area contributed by atoms with Crippen LogP contribution in [0.2, 0.25) is 0 Å². The molecule has 3 rings (SSSR count). The zero-order valence-corrected chi connectivity index (χ0v) is 12.0. The molecular weight excluding hydrogens is 248 g/mol. The smallest absolute Gasteiger partial charge is 0.223 e. The number of benzene rings is 1. The predicted molar refractivity (Wildman–Crippen MR) is 81.8 cm³/mol. The molecule has 0 fully saturated rings. The quantitative estimate of drug-likeness (QED) is 0.898. The van der Waals surface area contributed by atoms with E-state index < -0.39 is 0 Å². The Morgan fingerprint density at radius 2 is 2.00 bits per heavy atom. The number of nitrogens with zero attached hydrogens (tertiary/aromatic N) is 2. The summed E-state index contributed by atoms with van der Waals surface area (Å²) in [6.07, 6.45) is 0.967. The van der Waals surface area contributed by atoms with E-state index in [-0.39, 0.29) is 0 Å².